The van der Waals surface area contributed by atoms with Gasteiger partial charge in [0.2, 0.25) is 0 Å². The molecule has 5 nitrogen and oxygen atoms in total. The van der Waals surface area contributed by atoms with Crippen LogP contribution in [0.3, 0.4) is 0 Å². The van der Waals surface area contributed by atoms with Gasteiger partial charge in [0.1, 0.15) is 0 Å². The van der Waals surface area contributed by atoms with E-state index in [0.717, 1.165) is 18.5 Å². The number of hydrogen-bond acceptors (Lipinski definition) is 5. The van der Waals surface area contributed by atoms with Crippen LogP contribution in [-0.4, -0.2) is 37.4 Å². The third kappa shape index (κ3) is 2.66. The summed E-state index contributed by atoms with van der Waals surface area (Å²) < 4.78 is 4.73. The van der Waals surface area contributed by atoms with E-state index in [2.05, 4.69) is 4.90 Å². The van der Waals surface area contributed by atoms with E-state index in [1.165, 1.54) is 13.5 Å². The Hall–Kier alpha value is -1.75. The molecule has 0 aliphatic heterocycles. The molecule has 0 saturated heterocycles. The van der Waals surface area contributed by atoms with Crippen molar-refractivity contribution in [1.29, 1.82) is 0 Å². The van der Waals surface area contributed by atoms with Gasteiger partial charge in [-0.2, -0.15) is 0 Å². The zero-order valence-corrected chi connectivity index (χ0v) is 11.1. The van der Waals surface area contributed by atoms with Crippen molar-refractivity contribution in [3.8, 4) is 0 Å². The lowest BCUT2D eigenvalue weighted by Crippen LogP contribution is -2.42. The molecule has 1 aromatic carbocycles. The van der Waals surface area contributed by atoms with Crippen LogP contribution >= 0.6 is 0 Å². The van der Waals surface area contributed by atoms with E-state index in [0.29, 0.717) is 23.8 Å². The zero-order chi connectivity index (χ0) is 13.8. The van der Waals surface area contributed by atoms with Gasteiger partial charge in [0.15, 0.2) is 0 Å². The number of methoxy groups -OCH3 is 1. The number of ether oxygens (including phenoxy) is 1. The molecule has 1 fully saturated rings. The highest BCUT2D eigenvalue weighted by molar-refractivity contribution is 5.98. The van der Waals surface area contributed by atoms with Gasteiger partial charge >= 0.3 is 5.97 Å². The SMILES string of the molecule is COC(=O)c1cccc(N(CCO)C2CCC2)c1N. The van der Waals surface area contributed by atoms with Gasteiger partial charge in [0, 0.05) is 12.6 Å². The Labute approximate surface area is 113 Å². The number of hydrogen-bond donors (Lipinski definition) is 2. The number of nitrogens with zero attached hydrogens (tertiary/aromatic N) is 1. The molecule has 0 amide bonds. The Bertz CT molecular complexity index is 458. The average Bonchev–Trinajstić information content (AvgIpc) is 2.36. The Kier molecular flexibility index (Phi) is 4.27. The molecule has 1 aromatic rings. The van der Waals surface area contributed by atoms with Crippen molar-refractivity contribution in [2.75, 3.05) is 30.9 Å². The van der Waals surface area contributed by atoms with Gasteiger partial charge in [-0.05, 0) is 31.4 Å². The predicted molar refractivity (Wildman–Crippen MR) is 74.3 cm³/mol. The van der Waals surface area contributed by atoms with Crippen LogP contribution in [0.25, 0.3) is 0 Å². The maximum Gasteiger partial charge on any atom is 0.340 e. The molecule has 0 atom stereocenters. The second-order valence-corrected chi connectivity index (χ2v) is 4.73. The lowest BCUT2D eigenvalue weighted by molar-refractivity contribution is 0.0602. The standard InChI is InChI=1S/C14H20N2O3/c1-19-14(18)11-6-3-7-12(13(11)15)16(8-9-17)10-4-2-5-10/h3,6-7,10,17H,2,4-5,8-9,15H2,1H3. The van der Waals surface area contributed by atoms with Gasteiger partial charge in [-0.1, -0.05) is 6.07 Å². The summed E-state index contributed by atoms with van der Waals surface area (Å²) in [6, 6.07) is 5.74. The lowest BCUT2D eigenvalue weighted by Gasteiger charge is -2.39. The smallest absolute Gasteiger partial charge is 0.340 e. The molecular weight excluding hydrogens is 244 g/mol. The molecule has 0 unspecified atom stereocenters. The summed E-state index contributed by atoms with van der Waals surface area (Å²) >= 11 is 0. The number of carbonyl (C=O) groups excluding carboxylic acids is 1. The molecule has 0 spiro atoms. The van der Waals surface area contributed by atoms with Crippen molar-refractivity contribution in [1.82, 2.24) is 0 Å². The van der Waals surface area contributed by atoms with Crippen molar-refractivity contribution >= 4 is 17.3 Å². The van der Waals surface area contributed by atoms with Crippen molar-refractivity contribution in [2.24, 2.45) is 0 Å². The van der Waals surface area contributed by atoms with E-state index in [4.69, 9.17) is 10.5 Å². The van der Waals surface area contributed by atoms with Crippen molar-refractivity contribution in [3.05, 3.63) is 23.8 Å². The first-order valence-electron chi connectivity index (χ1n) is 6.53. The highest BCUT2D eigenvalue weighted by Crippen LogP contribution is 2.34. The second-order valence-electron chi connectivity index (χ2n) is 4.73. The van der Waals surface area contributed by atoms with Crippen LogP contribution in [0.5, 0.6) is 0 Å². The number of aliphatic hydroxyl groups is 1. The Morgan fingerprint density at radius 1 is 1.53 bits per heavy atom. The maximum absolute atomic E-state index is 11.7. The normalized spacial score (nSPS) is 14.8. The zero-order valence-electron chi connectivity index (χ0n) is 11.1. The molecule has 0 radical (unpaired) electrons. The largest absolute Gasteiger partial charge is 0.465 e. The van der Waals surface area contributed by atoms with Crippen LogP contribution < -0.4 is 10.6 Å². The third-order valence-corrected chi connectivity index (χ3v) is 3.65. The van der Waals surface area contributed by atoms with Gasteiger partial charge in [0.05, 0.1) is 30.7 Å². The Morgan fingerprint density at radius 2 is 2.26 bits per heavy atom. The molecular formula is C14H20N2O3. The molecule has 5 heteroatoms. The highest BCUT2D eigenvalue weighted by atomic mass is 16.5. The van der Waals surface area contributed by atoms with E-state index in [1.54, 1.807) is 12.1 Å². The van der Waals surface area contributed by atoms with Gasteiger partial charge < -0.3 is 20.5 Å². The third-order valence-electron chi connectivity index (χ3n) is 3.65. The van der Waals surface area contributed by atoms with Crippen molar-refractivity contribution in [2.45, 2.75) is 25.3 Å². The van der Waals surface area contributed by atoms with Gasteiger partial charge in [-0.3, -0.25) is 0 Å². The summed E-state index contributed by atoms with van der Waals surface area (Å²) in [4.78, 5) is 13.7. The van der Waals surface area contributed by atoms with E-state index in [1.807, 2.05) is 6.07 Å². The summed E-state index contributed by atoms with van der Waals surface area (Å²) in [6.07, 6.45) is 3.40. The first kappa shape index (κ1) is 13.7. The minimum Gasteiger partial charge on any atom is -0.465 e. The summed E-state index contributed by atoms with van der Waals surface area (Å²) in [6.45, 7) is 0.595. The number of aliphatic hydroxyl groups excluding tert-OH is 1. The molecule has 2 rings (SSSR count). The molecule has 0 heterocycles. The first-order chi connectivity index (χ1) is 9.19. The van der Waals surface area contributed by atoms with Crippen molar-refractivity contribution in [3.63, 3.8) is 0 Å². The summed E-state index contributed by atoms with van der Waals surface area (Å²) in [5.41, 5.74) is 7.69. The molecule has 0 bridgehead atoms. The number of anilines is 2. The molecule has 1 saturated carbocycles. The van der Waals surface area contributed by atoms with Crippen LogP contribution in [-0.2, 0) is 4.74 Å². The minimum atomic E-state index is -0.433. The second kappa shape index (κ2) is 5.93. The summed E-state index contributed by atoms with van der Waals surface area (Å²) in [5.74, 6) is -0.433. The van der Waals surface area contributed by atoms with Gasteiger partial charge in [-0.25, -0.2) is 4.79 Å². The predicted octanol–water partition coefficient (Wildman–Crippen LogP) is 1.41. The summed E-state index contributed by atoms with van der Waals surface area (Å²) in [7, 11) is 1.34. The number of benzene rings is 1. The fourth-order valence-corrected chi connectivity index (χ4v) is 2.40. The number of para-hydroxylation sites is 1. The number of nitrogen functional groups attached to an aromatic ring is 1. The fourth-order valence-electron chi connectivity index (χ4n) is 2.40. The molecule has 104 valence electrons. The van der Waals surface area contributed by atoms with Crippen LogP contribution in [0.15, 0.2) is 18.2 Å². The van der Waals surface area contributed by atoms with E-state index < -0.39 is 5.97 Å². The van der Waals surface area contributed by atoms with Gasteiger partial charge in [-0.15, -0.1) is 0 Å². The maximum atomic E-state index is 11.7. The van der Waals surface area contributed by atoms with E-state index in [9.17, 15) is 9.90 Å². The van der Waals surface area contributed by atoms with Crippen molar-refractivity contribution < 1.29 is 14.6 Å². The van der Waals surface area contributed by atoms with E-state index >= 15 is 0 Å². The number of rotatable bonds is 5. The molecule has 19 heavy (non-hydrogen) atoms. The average molecular weight is 264 g/mol. The van der Waals surface area contributed by atoms with Crippen LogP contribution in [0, 0.1) is 0 Å². The van der Waals surface area contributed by atoms with Crippen LogP contribution in [0.1, 0.15) is 29.6 Å². The fraction of sp³-hybridized carbons (Fsp3) is 0.500. The molecule has 3 N–H and O–H groups in total. The topological polar surface area (TPSA) is 75.8 Å². The Morgan fingerprint density at radius 3 is 2.79 bits per heavy atom. The molecule has 1 aliphatic rings. The van der Waals surface area contributed by atoms with E-state index in [-0.39, 0.29) is 6.61 Å². The number of esters is 1. The monoisotopic (exact) mass is 264 g/mol. The molecule has 1 aliphatic carbocycles. The number of nitrogens with two attached hydrogens (primary N) is 1. The highest BCUT2D eigenvalue weighted by Gasteiger charge is 2.27. The van der Waals surface area contributed by atoms with Crippen LogP contribution in [0.4, 0.5) is 11.4 Å². The summed E-state index contributed by atoms with van der Waals surface area (Å²) in [5, 5.41) is 9.21. The van der Waals surface area contributed by atoms with Crippen LogP contribution in [0.2, 0.25) is 0 Å². The lowest BCUT2D eigenvalue weighted by atomic mass is 9.90. The van der Waals surface area contributed by atoms with Gasteiger partial charge in [0.25, 0.3) is 0 Å². The Balaban J connectivity index is 2.33. The molecule has 0 aromatic heterocycles. The number of carbonyl (C=O) groups is 1. The first-order valence-corrected chi connectivity index (χ1v) is 6.53. The minimum absolute atomic E-state index is 0.0678. The quantitative estimate of drug-likeness (QED) is 0.621.